The van der Waals surface area contributed by atoms with E-state index in [1.165, 1.54) is 27.8 Å². The van der Waals surface area contributed by atoms with E-state index in [0.29, 0.717) is 0 Å². The lowest BCUT2D eigenvalue weighted by atomic mass is 9.98. The van der Waals surface area contributed by atoms with Gasteiger partial charge in [-0.25, -0.2) is 0 Å². The molecule has 1 aromatic heterocycles. The van der Waals surface area contributed by atoms with Crippen LogP contribution < -0.4 is 5.32 Å². The van der Waals surface area contributed by atoms with Gasteiger partial charge in [-0.05, 0) is 55.3 Å². The summed E-state index contributed by atoms with van der Waals surface area (Å²) < 4.78 is 0. The summed E-state index contributed by atoms with van der Waals surface area (Å²) in [6.07, 6.45) is 3.81. The number of pyridine rings is 1. The maximum Gasteiger partial charge on any atom is 0.0346 e. The Morgan fingerprint density at radius 1 is 1.12 bits per heavy atom. The summed E-state index contributed by atoms with van der Waals surface area (Å²) in [5.74, 6) is 0. The molecule has 2 rings (SSSR count). The van der Waals surface area contributed by atoms with Gasteiger partial charge in [-0.15, -0.1) is 0 Å². The van der Waals surface area contributed by atoms with E-state index in [2.05, 4.69) is 48.4 Å². The maximum absolute atomic E-state index is 4.26. The van der Waals surface area contributed by atoms with Crippen LogP contribution in [-0.4, -0.2) is 12.0 Å². The average Bonchev–Trinajstić information content (AvgIpc) is 2.32. The van der Waals surface area contributed by atoms with Gasteiger partial charge in [-0.1, -0.05) is 12.1 Å². The third kappa shape index (κ3) is 2.71. The van der Waals surface area contributed by atoms with Gasteiger partial charge in [0.1, 0.15) is 0 Å². The molecule has 0 aliphatic heterocycles. The van der Waals surface area contributed by atoms with Crippen LogP contribution >= 0.6 is 0 Å². The minimum Gasteiger partial charge on any atom is -0.316 e. The molecule has 0 saturated heterocycles. The number of nitrogens with zero attached hydrogens (tertiary/aromatic N) is 1. The average molecular weight is 226 g/mol. The van der Waals surface area contributed by atoms with Gasteiger partial charge in [0.2, 0.25) is 0 Å². The first-order valence-corrected chi connectivity index (χ1v) is 5.87. The maximum atomic E-state index is 4.26. The van der Waals surface area contributed by atoms with Crippen LogP contribution in [0.4, 0.5) is 0 Å². The molecule has 0 amide bonds. The molecule has 1 heterocycles. The van der Waals surface area contributed by atoms with Crippen molar-refractivity contribution in [2.45, 2.75) is 20.4 Å². The molecule has 0 radical (unpaired) electrons. The van der Waals surface area contributed by atoms with Gasteiger partial charge in [0, 0.05) is 24.5 Å². The van der Waals surface area contributed by atoms with Crippen LogP contribution in [0.25, 0.3) is 11.1 Å². The number of hydrogen-bond donors (Lipinski definition) is 1. The van der Waals surface area contributed by atoms with Gasteiger partial charge in [-0.3, -0.25) is 4.98 Å². The number of hydrogen-bond acceptors (Lipinski definition) is 2. The van der Waals surface area contributed by atoms with Gasteiger partial charge >= 0.3 is 0 Å². The van der Waals surface area contributed by atoms with E-state index in [9.17, 15) is 0 Å². The van der Waals surface area contributed by atoms with E-state index in [4.69, 9.17) is 0 Å². The Hall–Kier alpha value is -1.67. The predicted molar refractivity (Wildman–Crippen MR) is 71.9 cm³/mol. The van der Waals surface area contributed by atoms with E-state index in [-0.39, 0.29) is 0 Å². The zero-order valence-corrected chi connectivity index (χ0v) is 10.6. The lowest BCUT2D eigenvalue weighted by Gasteiger charge is -2.09. The van der Waals surface area contributed by atoms with Gasteiger partial charge in [-0.2, -0.15) is 0 Å². The SMILES string of the molecule is CNCc1ccc(C)c(-c2cncc(C)c2)c1. The van der Waals surface area contributed by atoms with Crippen molar-refractivity contribution in [3.63, 3.8) is 0 Å². The molecule has 0 atom stereocenters. The lowest BCUT2D eigenvalue weighted by molar-refractivity contribution is 0.818. The van der Waals surface area contributed by atoms with Crippen LogP contribution in [0.15, 0.2) is 36.7 Å². The highest BCUT2D eigenvalue weighted by Crippen LogP contribution is 2.24. The summed E-state index contributed by atoms with van der Waals surface area (Å²) >= 11 is 0. The van der Waals surface area contributed by atoms with Crippen LogP contribution in [0.3, 0.4) is 0 Å². The van der Waals surface area contributed by atoms with Crippen molar-refractivity contribution in [1.29, 1.82) is 0 Å². The Morgan fingerprint density at radius 3 is 2.65 bits per heavy atom. The summed E-state index contributed by atoms with van der Waals surface area (Å²) in [4.78, 5) is 4.26. The largest absolute Gasteiger partial charge is 0.316 e. The summed E-state index contributed by atoms with van der Waals surface area (Å²) in [7, 11) is 1.97. The van der Waals surface area contributed by atoms with Crippen molar-refractivity contribution in [2.75, 3.05) is 7.05 Å². The van der Waals surface area contributed by atoms with Gasteiger partial charge < -0.3 is 5.32 Å². The molecule has 0 aliphatic carbocycles. The third-order valence-electron chi connectivity index (χ3n) is 2.87. The molecule has 0 spiro atoms. The normalized spacial score (nSPS) is 10.5. The molecule has 0 bridgehead atoms. The second-order valence-corrected chi connectivity index (χ2v) is 4.43. The minimum atomic E-state index is 0.895. The van der Waals surface area contributed by atoms with E-state index < -0.39 is 0 Å². The van der Waals surface area contributed by atoms with Crippen LogP contribution in [0.2, 0.25) is 0 Å². The van der Waals surface area contributed by atoms with Gasteiger partial charge in [0.25, 0.3) is 0 Å². The molecular formula is C15H18N2. The Kier molecular flexibility index (Phi) is 3.55. The highest BCUT2D eigenvalue weighted by atomic mass is 14.8. The molecule has 0 fully saturated rings. The van der Waals surface area contributed by atoms with Crippen molar-refractivity contribution in [3.05, 3.63) is 53.3 Å². The Labute approximate surface area is 103 Å². The second kappa shape index (κ2) is 5.11. The lowest BCUT2D eigenvalue weighted by Crippen LogP contribution is -2.05. The molecule has 1 N–H and O–H groups in total. The minimum absolute atomic E-state index is 0.895. The Bertz CT molecular complexity index is 518. The number of benzene rings is 1. The molecule has 2 nitrogen and oxygen atoms in total. The smallest absolute Gasteiger partial charge is 0.0346 e. The van der Waals surface area contributed by atoms with E-state index in [0.717, 1.165) is 6.54 Å². The van der Waals surface area contributed by atoms with Crippen molar-refractivity contribution < 1.29 is 0 Å². The van der Waals surface area contributed by atoms with E-state index in [1.54, 1.807) is 0 Å². The molecule has 88 valence electrons. The zero-order valence-electron chi connectivity index (χ0n) is 10.6. The Morgan fingerprint density at radius 2 is 1.94 bits per heavy atom. The standard InChI is InChI=1S/C15H18N2/c1-11-6-14(10-17-8-11)15-7-13(9-16-3)5-4-12(15)2/h4-8,10,16H,9H2,1-3H3. The summed E-state index contributed by atoms with van der Waals surface area (Å²) in [6, 6.07) is 8.75. The number of rotatable bonds is 3. The quantitative estimate of drug-likeness (QED) is 0.870. The zero-order chi connectivity index (χ0) is 12.3. The van der Waals surface area contributed by atoms with Gasteiger partial charge in [0.15, 0.2) is 0 Å². The highest BCUT2D eigenvalue weighted by Gasteiger charge is 2.04. The fraction of sp³-hybridized carbons (Fsp3) is 0.267. The number of nitrogens with one attached hydrogen (secondary N) is 1. The van der Waals surface area contributed by atoms with Crippen molar-refractivity contribution in [3.8, 4) is 11.1 Å². The fourth-order valence-corrected chi connectivity index (χ4v) is 2.00. The monoisotopic (exact) mass is 226 g/mol. The topological polar surface area (TPSA) is 24.9 Å². The molecule has 17 heavy (non-hydrogen) atoms. The highest BCUT2D eigenvalue weighted by molar-refractivity contribution is 5.67. The predicted octanol–water partition coefficient (Wildman–Crippen LogP) is 3.08. The molecule has 1 aromatic carbocycles. The molecule has 0 saturated carbocycles. The first-order valence-electron chi connectivity index (χ1n) is 5.87. The fourth-order valence-electron chi connectivity index (χ4n) is 2.00. The summed E-state index contributed by atoms with van der Waals surface area (Å²) in [5.41, 5.74) is 6.25. The molecule has 0 unspecified atom stereocenters. The molecule has 2 heteroatoms. The van der Waals surface area contributed by atoms with E-state index >= 15 is 0 Å². The second-order valence-electron chi connectivity index (χ2n) is 4.43. The number of aryl methyl sites for hydroxylation is 2. The van der Waals surface area contributed by atoms with Crippen molar-refractivity contribution in [2.24, 2.45) is 0 Å². The molecule has 0 aliphatic rings. The number of aromatic nitrogens is 1. The van der Waals surface area contributed by atoms with Crippen LogP contribution in [0.1, 0.15) is 16.7 Å². The first-order chi connectivity index (χ1) is 8.20. The van der Waals surface area contributed by atoms with Crippen LogP contribution in [0.5, 0.6) is 0 Å². The third-order valence-corrected chi connectivity index (χ3v) is 2.87. The Balaban J connectivity index is 2.46. The van der Waals surface area contributed by atoms with Crippen LogP contribution in [0, 0.1) is 13.8 Å². The van der Waals surface area contributed by atoms with Crippen molar-refractivity contribution in [1.82, 2.24) is 10.3 Å². The summed E-state index contributed by atoms with van der Waals surface area (Å²) in [6.45, 7) is 5.11. The van der Waals surface area contributed by atoms with Gasteiger partial charge in [0.05, 0.1) is 0 Å². The molecule has 2 aromatic rings. The molecular weight excluding hydrogens is 208 g/mol. The van der Waals surface area contributed by atoms with Crippen LogP contribution in [-0.2, 0) is 6.54 Å². The summed E-state index contributed by atoms with van der Waals surface area (Å²) in [5, 5.41) is 3.18. The first kappa shape index (κ1) is 11.8. The van der Waals surface area contributed by atoms with E-state index in [1.807, 2.05) is 19.4 Å². The van der Waals surface area contributed by atoms with Crippen molar-refractivity contribution >= 4 is 0 Å².